The lowest BCUT2D eigenvalue weighted by molar-refractivity contribution is 0.393. The molecule has 5 nitrogen and oxygen atoms in total. The Labute approximate surface area is 115 Å². The molecule has 0 saturated carbocycles. The normalized spacial score (nSPS) is 10.7. The second kappa shape index (κ2) is 4.77. The fourth-order valence-electron chi connectivity index (χ4n) is 2.15. The summed E-state index contributed by atoms with van der Waals surface area (Å²) in [5.41, 5.74) is 3.82. The van der Waals surface area contributed by atoms with E-state index in [4.69, 9.17) is 4.52 Å². The largest absolute Gasteiger partial charge is 0.505 e. The summed E-state index contributed by atoms with van der Waals surface area (Å²) < 4.78 is 5.18. The Hall–Kier alpha value is -2.69. The first kappa shape index (κ1) is 12.3. The van der Waals surface area contributed by atoms with Crippen molar-refractivity contribution in [3.63, 3.8) is 0 Å². The Morgan fingerprint density at radius 3 is 2.10 bits per heavy atom. The Morgan fingerprint density at radius 2 is 1.55 bits per heavy atom. The second-order valence-corrected chi connectivity index (χ2v) is 4.54. The highest BCUT2D eigenvalue weighted by Crippen LogP contribution is 2.28. The van der Waals surface area contributed by atoms with Gasteiger partial charge in [0.2, 0.25) is 0 Å². The number of aromatic nitrogens is 3. The summed E-state index contributed by atoms with van der Waals surface area (Å²) in [7, 11) is 0. The maximum atomic E-state index is 9.19. The molecule has 3 aromatic rings. The minimum Gasteiger partial charge on any atom is -0.505 e. The summed E-state index contributed by atoms with van der Waals surface area (Å²) in [6.07, 6.45) is 2.76. The molecule has 2 heterocycles. The van der Waals surface area contributed by atoms with Gasteiger partial charge in [-0.1, -0.05) is 29.4 Å². The minimum absolute atomic E-state index is 0.0566. The fraction of sp³-hybridized carbons (Fsp3) is 0.133. The Kier molecular flexibility index (Phi) is 2.95. The topological polar surface area (TPSA) is 72.0 Å². The predicted octanol–water partition coefficient (Wildman–Crippen LogP) is 3.12. The van der Waals surface area contributed by atoms with Crippen molar-refractivity contribution >= 4 is 0 Å². The Morgan fingerprint density at radius 1 is 0.950 bits per heavy atom. The van der Waals surface area contributed by atoms with E-state index < -0.39 is 0 Å². The van der Waals surface area contributed by atoms with Crippen molar-refractivity contribution in [1.82, 2.24) is 15.1 Å². The van der Waals surface area contributed by atoms with Gasteiger partial charge in [-0.2, -0.15) is 0 Å². The fourth-order valence-corrected chi connectivity index (χ4v) is 2.15. The van der Waals surface area contributed by atoms with Gasteiger partial charge in [0.25, 0.3) is 0 Å². The van der Waals surface area contributed by atoms with Crippen LogP contribution >= 0.6 is 0 Å². The Bertz CT molecular complexity index is 711. The van der Waals surface area contributed by atoms with Gasteiger partial charge in [-0.25, -0.2) is 9.97 Å². The number of hydrogen-bond acceptors (Lipinski definition) is 5. The van der Waals surface area contributed by atoms with Crippen molar-refractivity contribution < 1.29 is 9.63 Å². The van der Waals surface area contributed by atoms with Crippen LogP contribution in [0.3, 0.4) is 0 Å². The van der Waals surface area contributed by atoms with Gasteiger partial charge >= 0.3 is 0 Å². The van der Waals surface area contributed by atoms with Crippen LogP contribution < -0.4 is 0 Å². The monoisotopic (exact) mass is 267 g/mol. The van der Waals surface area contributed by atoms with Crippen molar-refractivity contribution in [2.75, 3.05) is 0 Å². The number of aryl methyl sites for hydroxylation is 2. The number of rotatable bonds is 2. The quantitative estimate of drug-likeness (QED) is 0.772. The molecule has 5 heteroatoms. The highest BCUT2D eigenvalue weighted by atomic mass is 16.5. The summed E-state index contributed by atoms with van der Waals surface area (Å²) >= 11 is 0. The summed E-state index contributed by atoms with van der Waals surface area (Å²) in [6.45, 7) is 3.81. The summed E-state index contributed by atoms with van der Waals surface area (Å²) in [5.74, 6) is 1.44. The molecule has 100 valence electrons. The summed E-state index contributed by atoms with van der Waals surface area (Å²) in [6, 6.07) is 7.84. The average molecular weight is 267 g/mol. The van der Waals surface area contributed by atoms with Crippen LogP contribution in [-0.4, -0.2) is 20.2 Å². The van der Waals surface area contributed by atoms with Crippen molar-refractivity contribution in [3.05, 3.63) is 48.1 Å². The van der Waals surface area contributed by atoms with Crippen molar-refractivity contribution in [2.24, 2.45) is 0 Å². The van der Waals surface area contributed by atoms with Gasteiger partial charge in [-0.05, 0) is 19.4 Å². The van der Waals surface area contributed by atoms with Crippen molar-refractivity contribution in [1.29, 1.82) is 0 Å². The van der Waals surface area contributed by atoms with E-state index in [-0.39, 0.29) is 5.75 Å². The molecule has 1 aromatic carbocycles. The molecule has 0 aliphatic rings. The van der Waals surface area contributed by atoms with Crippen LogP contribution in [-0.2, 0) is 0 Å². The zero-order chi connectivity index (χ0) is 14.1. The first-order valence-corrected chi connectivity index (χ1v) is 6.20. The summed E-state index contributed by atoms with van der Waals surface area (Å²) in [5, 5.41) is 13.1. The lowest BCUT2D eigenvalue weighted by Gasteiger charge is -2.03. The smallest absolute Gasteiger partial charge is 0.159 e. The van der Waals surface area contributed by atoms with Crippen LogP contribution in [0.1, 0.15) is 11.5 Å². The highest BCUT2D eigenvalue weighted by Gasteiger charge is 2.11. The molecule has 0 saturated heterocycles. The van der Waals surface area contributed by atoms with Crippen LogP contribution in [0, 0.1) is 13.8 Å². The molecule has 20 heavy (non-hydrogen) atoms. The summed E-state index contributed by atoms with van der Waals surface area (Å²) in [4.78, 5) is 8.17. The van der Waals surface area contributed by atoms with E-state index in [1.807, 2.05) is 38.1 Å². The van der Waals surface area contributed by atoms with Gasteiger partial charge in [-0.3, -0.25) is 0 Å². The van der Waals surface area contributed by atoms with Crippen LogP contribution in [0.5, 0.6) is 5.75 Å². The van der Waals surface area contributed by atoms with Gasteiger partial charge in [0.05, 0.1) is 18.1 Å². The standard InChI is InChI=1S/C15H13N3O2/c1-9-14(10(2)20-18-9)11-3-5-12(6-4-11)15-16-7-13(19)8-17-15/h3-8,19H,1-2H3. The first-order valence-electron chi connectivity index (χ1n) is 6.20. The van der Waals surface area contributed by atoms with E-state index in [1.54, 1.807) is 0 Å². The van der Waals surface area contributed by atoms with Gasteiger partial charge in [-0.15, -0.1) is 0 Å². The predicted molar refractivity (Wildman–Crippen MR) is 74.1 cm³/mol. The molecule has 0 atom stereocenters. The van der Waals surface area contributed by atoms with E-state index in [2.05, 4.69) is 15.1 Å². The molecular formula is C15H13N3O2. The highest BCUT2D eigenvalue weighted by molar-refractivity contribution is 5.70. The molecule has 0 bridgehead atoms. The molecule has 0 spiro atoms. The molecular weight excluding hydrogens is 254 g/mol. The van der Waals surface area contributed by atoms with E-state index in [0.29, 0.717) is 5.82 Å². The third kappa shape index (κ3) is 2.14. The first-order chi connectivity index (χ1) is 9.65. The van der Waals surface area contributed by atoms with Crippen LogP contribution in [0.2, 0.25) is 0 Å². The van der Waals surface area contributed by atoms with Crippen molar-refractivity contribution in [2.45, 2.75) is 13.8 Å². The Balaban J connectivity index is 1.98. The van der Waals surface area contributed by atoms with E-state index in [0.717, 1.165) is 28.1 Å². The van der Waals surface area contributed by atoms with Gasteiger partial charge in [0.1, 0.15) is 5.76 Å². The third-order valence-electron chi connectivity index (χ3n) is 3.10. The lowest BCUT2D eigenvalue weighted by atomic mass is 10.0. The number of benzene rings is 1. The molecule has 0 radical (unpaired) electrons. The molecule has 0 fully saturated rings. The van der Waals surface area contributed by atoms with E-state index in [9.17, 15) is 5.11 Å². The molecule has 1 N–H and O–H groups in total. The van der Waals surface area contributed by atoms with Gasteiger partial charge < -0.3 is 9.63 Å². The van der Waals surface area contributed by atoms with Gasteiger partial charge in [0, 0.05) is 11.1 Å². The minimum atomic E-state index is 0.0566. The lowest BCUT2D eigenvalue weighted by Crippen LogP contribution is -1.88. The maximum Gasteiger partial charge on any atom is 0.159 e. The molecule has 3 rings (SSSR count). The zero-order valence-corrected chi connectivity index (χ0v) is 11.2. The van der Waals surface area contributed by atoms with Gasteiger partial charge in [0.15, 0.2) is 11.6 Å². The van der Waals surface area contributed by atoms with E-state index in [1.165, 1.54) is 12.4 Å². The number of aromatic hydroxyl groups is 1. The van der Waals surface area contributed by atoms with Crippen LogP contribution in [0.4, 0.5) is 0 Å². The van der Waals surface area contributed by atoms with Crippen LogP contribution in [0.25, 0.3) is 22.5 Å². The zero-order valence-electron chi connectivity index (χ0n) is 11.2. The molecule has 0 amide bonds. The molecule has 2 aromatic heterocycles. The number of nitrogens with zero attached hydrogens (tertiary/aromatic N) is 3. The maximum absolute atomic E-state index is 9.19. The van der Waals surface area contributed by atoms with Crippen LogP contribution in [0.15, 0.2) is 41.2 Å². The molecule has 0 unspecified atom stereocenters. The SMILES string of the molecule is Cc1noc(C)c1-c1ccc(-c2ncc(O)cn2)cc1. The van der Waals surface area contributed by atoms with Crippen molar-refractivity contribution in [3.8, 4) is 28.3 Å². The van der Waals surface area contributed by atoms with E-state index >= 15 is 0 Å². The number of hydrogen-bond donors (Lipinski definition) is 1. The second-order valence-electron chi connectivity index (χ2n) is 4.54. The molecule has 0 aliphatic carbocycles. The average Bonchev–Trinajstić information content (AvgIpc) is 2.79. The third-order valence-corrected chi connectivity index (χ3v) is 3.10. The molecule has 0 aliphatic heterocycles.